The largest absolute Gasteiger partial charge is 0.495 e. The van der Waals surface area contributed by atoms with Crippen LogP contribution in [-0.4, -0.2) is 44.6 Å². The number of hydrogen-bond donors (Lipinski definition) is 2. The molecule has 0 radical (unpaired) electrons. The highest BCUT2D eigenvalue weighted by molar-refractivity contribution is 7.89. The van der Waals surface area contributed by atoms with E-state index in [4.69, 9.17) is 15.6 Å². The number of aliphatic hydroxyl groups excluding tert-OH is 1. The Morgan fingerprint density at radius 2 is 2.25 bits per heavy atom. The normalized spacial score (nSPS) is 20.2. The molecule has 0 aromatic heterocycles. The van der Waals surface area contributed by atoms with Gasteiger partial charge in [-0.05, 0) is 37.0 Å². The van der Waals surface area contributed by atoms with Crippen molar-refractivity contribution in [2.24, 2.45) is 5.92 Å². The SMILES string of the molecule is COc1ccc(N)cc1S(=O)(=O)N1CCC(CCO)C1. The van der Waals surface area contributed by atoms with Gasteiger partial charge in [0, 0.05) is 25.4 Å². The van der Waals surface area contributed by atoms with Gasteiger partial charge in [-0.3, -0.25) is 0 Å². The second-order valence-electron chi connectivity index (χ2n) is 4.94. The van der Waals surface area contributed by atoms with Gasteiger partial charge in [-0.1, -0.05) is 0 Å². The predicted molar refractivity (Wildman–Crippen MR) is 76.0 cm³/mol. The van der Waals surface area contributed by atoms with Crippen molar-refractivity contribution in [2.45, 2.75) is 17.7 Å². The molecule has 20 heavy (non-hydrogen) atoms. The van der Waals surface area contributed by atoms with Crippen LogP contribution in [-0.2, 0) is 10.0 Å². The highest BCUT2D eigenvalue weighted by Crippen LogP contribution is 2.32. The molecular formula is C13H20N2O4S. The molecule has 0 bridgehead atoms. The van der Waals surface area contributed by atoms with E-state index in [2.05, 4.69) is 0 Å². The van der Waals surface area contributed by atoms with E-state index in [-0.39, 0.29) is 17.4 Å². The molecule has 0 aliphatic carbocycles. The minimum absolute atomic E-state index is 0.0835. The number of nitrogens with two attached hydrogens (primary N) is 1. The van der Waals surface area contributed by atoms with E-state index >= 15 is 0 Å². The summed E-state index contributed by atoms with van der Waals surface area (Å²) in [7, 11) is -2.17. The summed E-state index contributed by atoms with van der Waals surface area (Å²) in [6.07, 6.45) is 1.39. The Kier molecular flexibility index (Phi) is 4.52. The molecule has 1 atom stereocenters. The molecular weight excluding hydrogens is 280 g/mol. The quantitative estimate of drug-likeness (QED) is 0.780. The molecule has 1 aromatic carbocycles. The van der Waals surface area contributed by atoms with Gasteiger partial charge in [-0.25, -0.2) is 8.42 Å². The summed E-state index contributed by atoms with van der Waals surface area (Å²) in [5.41, 5.74) is 6.07. The average Bonchev–Trinajstić information content (AvgIpc) is 2.88. The van der Waals surface area contributed by atoms with Crippen molar-refractivity contribution in [2.75, 3.05) is 32.5 Å². The lowest BCUT2D eigenvalue weighted by atomic mass is 10.1. The first-order valence-electron chi connectivity index (χ1n) is 6.53. The van der Waals surface area contributed by atoms with E-state index in [9.17, 15) is 8.42 Å². The summed E-state index contributed by atoms with van der Waals surface area (Å²) >= 11 is 0. The summed E-state index contributed by atoms with van der Waals surface area (Å²) in [5.74, 6) is 0.506. The first-order chi connectivity index (χ1) is 9.48. The zero-order valence-electron chi connectivity index (χ0n) is 11.4. The summed E-state index contributed by atoms with van der Waals surface area (Å²) in [6, 6.07) is 4.59. The first kappa shape index (κ1) is 15.1. The van der Waals surface area contributed by atoms with Crippen molar-refractivity contribution in [1.82, 2.24) is 4.31 Å². The minimum Gasteiger partial charge on any atom is -0.495 e. The van der Waals surface area contributed by atoms with Gasteiger partial charge in [0.1, 0.15) is 10.6 Å². The molecule has 7 heteroatoms. The Bertz CT molecular complexity index is 574. The fourth-order valence-corrected chi connectivity index (χ4v) is 4.19. The lowest BCUT2D eigenvalue weighted by Gasteiger charge is -2.18. The van der Waals surface area contributed by atoms with Crippen LogP contribution in [0.15, 0.2) is 23.1 Å². The Morgan fingerprint density at radius 1 is 1.50 bits per heavy atom. The van der Waals surface area contributed by atoms with E-state index in [1.165, 1.54) is 17.5 Å². The number of aliphatic hydroxyl groups is 1. The first-order valence-corrected chi connectivity index (χ1v) is 7.97. The molecule has 0 spiro atoms. The van der Waals surface area contributed by atoms with E-state index in [1.54, 1.807) is 12.1 Å². The minimum atomic E-state index is -3.61. The topological polar surface area (TPSA) is 92.9 Å². The zero-order chi connectivity index (χ0) is 14.8. The van der Waals surface area contributed by atoms with Crippen molar-refractivity contribution >= 4 is 15.7 Å². The van der Waals surface area contributed by atoms with Crippen molar-refractivity contribution < 1.29 is 18.3 Å². The number of benzene rings is 1. The predicted octanol–water partition coefficient (Wildman–Crippen LogP) is 0.670. The van der Waals surface area contributed by atoms with E-state index < -0.39 is 10.0 Å². The summed E-state index contributed by atoms with van der Waals surface area (Å²) in [4.78, 5) is 0.102. The standard InChI is InChI=1S/C13H20N2O4S/c1-19-12-3-2-11(14)8-13(12)20(17,18)15-6-4-10(9-15)5-7-16/h2-3,8,10,16H,4-7,9,14H2,1H3. The molecule has 1 saturated heterocycles. The molecule has 0 amide bonds. The number of rotatable bonds is 5. The molecule has 1 heterocycles. The maximum Gasteiger partial charge on any atom is 0.246 e. The van der Waals surface area contributed by atoms with Gasteiger partial charge in [0.05, 0.1) is 7.11 Å². The molecule has 2 rings (SSSR count). The number of ether oxygens (including phenoxy) is 1. The van der Waals surface area contributed by atoms with Crippen LogP contribution in [0.3, 0.4) is 0 Å². The van der Waals surface area contributed by atoms with Crippen molar-refractivity contribution in [3.63, 3.8) is 0 Å². The van der Waals surface area contributed by atoms with Crippen LogP contribution < -0.4 is 10.5 Å². The van der Waals surface area contributed by atoms with Gasteiger partial charge in [0.2, 0.25) is 10.0 Å². The molecule has 1 fully saturated rings. The number of hydrogen-bond acceptors (Lipinski definition) is 5. The summed E-state index contributed by atoms with van der Waals surface area (Å²) in [6.45, 7) is 0.978. The summed E-state index contributed by atoms with van der Waals surface area (Å²) < 4.78 is 31.8. The molecule has 1 unspecified atom stereocenters. The van der Waals surface area contributed by atoms with Gasteiger partial charge in [0.15, 0.2) is 0 Å². The van der Waals surface area contributed by atoms with Gasteiger partial charge in [-0.2, -0.15) is 4.31 Å². The third kappa shape index (κ3) is 2.89. The molecule has 1 aromatic rings. The average molecular weight is 300 g/mol. The van der Waals surface area contributed by atoms with E-state index in [0.717, 1.165) is 6.42 Å². The fourth-order valence-electron chi connectivity index (χ4n) is 2.47. The number of methoxy groups -OCH3 is 1. The van der Waals surface area contributed by atoms with Crippen molar-refractivity contribution in [1.29, 1.82) is 0 Å². The van der Waals surface area contributed by atoms with Crippen LogP contribution in [0.5, 0.6) is 5.75 Å². The van der Waals surface area contributed by atoms with E-state index in [0.29, 0.717) is 30.9 Å². The van der Waals surface area contributed by atoms with Crippen LogP contribution in [0.25, 0.3) is 0 Å². The van der Waals surface area contributed by atoms with Crippen molar-refractivity contribution in [3.8, 4) is 5.75 Å². The zero-order valence-corrected chi connectivity index (χ0v) is 12.3. The van der Waals surface area contributed by atoms with Gasteiger partial charge in [-0.15, -0.1) is 0 Å². The lowest BCUT2D eigenvalue weighted by molar-refractivity contribution is 0.259. The van der Waals surface area contributed by atoms with Crippen LogP contribution in [0.4, 0.5) is 5.69 Å². The number of nitrogen functional groups attached to an aromatic ring is 1. The number of sulfonamides is 1. The Labute approximate surface area is 119 Å². The Morgan fingerprint density at radius 3 is 2.90 bits per heavy atom. The second kappa shape index (κ2) is 5.99. The smallest absolute Gasteiger partial charge is 0.246 e. The molecule has 6 nitrogen and oxygen atoms in total. The van der Waals surface area contributed by atoms with Crippen LogP contribution in [0.1, 0.15) is 12.8 Å². The Hall–Kier alpha value is -1.31. The maximum absolute atomic E-state index is 12.6. The molecule has 1 aliphatic rings. The second-order valence-corrected chi connectivity index (χ2v) is 6.85. The third-order valence-electron chi connectivity index (χ3n) is 3.59. The number of nitrogens with zero attached hydrogens (tertiary/aromatic N) is 1. The fraction of sp³-hybridized carbons (Fsp3) is 0.538. The summed E-state index contributed by atoms with van der Waals surface area (Å²) in [5, 5.41) is 8.95. The number of anilines is 1. The molecule has 112 valence electrons. The van der Waals surface area contributed by atoms with Crippen LogP contribution in [0, 0.1) is 5.92 Å². The monoisotopic (exact) mass is 300 g/mol. The van der Waals surface area contributed by atoms with Crippen molar-refractivity contribution in [3.05, 3.63) is 18.2 Å². The lowest BCUT2D eigenvalue weighted by Crippen LogP contribution is -2.29. The third-order valence-corrected chi connectivity index (χ3v) is 5.48. The molecule has 1 aliphatic heterocycles. The molecule has 0 saturated carbocycles. The van der Waals surface area contributed by atoms with Crippen LogP contribution >= 0.6 is 0 Å². The maximum atomic E-state index is 12.6. The highest BCUT2D eigenvalue weighted by atomic mass is 32.2. The van der Waals surface area contributed by atoms with E-state index in [1.807, 2.05) is 0 Å². The van der Waals surface area contributed by atoms with Gasteiger partial charge < -0.3 is 15.6 Å². The van der Waals surface area contributed by atoms with Gasteiger partial charge >= 0.3 is 0 Å². The van der Waals surface area contributed by atoms with Gasteiger partial charge in [0.25, 0.3) is 0 Å². The van der Waals surface area contributed by atoms with Crippen LogP contribution in [0.2, 0.25) is 0 Å². The molecule has 3 N–H and O–H groups in total. The Balaban J connectivity index is 2.29. The highest BCUT2D eigenvalue weighted by Gasteiger charge is 2.34.